The molecular formula is C13H10Br2N2O3. The fourth-order valence-electron chi connectivity index (χ4n) is 1.57. The number of nitro groups is 1. The minimum Gasteiger partial charge on any atom is -0.487 e. The molecular weight excluding hydrogens is 392 g/mol. The van der Waals surface area contributed by atoms with Crippen LogP contribution in [-0.2, 0) is 11.9 Å². The average Bonchev–Trinajstić information content (AvgIpc) is 2.46. The second-order valence-electron chi connectivity index (χ2n) is 3.94. The van der Waals surface area contributed by atoms with Crippen LogP contribution in [0.5, 0.6) is 5.75 Å². The molecule has 0 N–H and O–H groups in total. The summed E-state index contributed by atoms with van der Waals surface area (Å²) in [5.41, 5.74) is 1.57. The molecule has 0 aliphatic carbocycles. The zero-order valence-corrected chi connectivity index (χ0v) is 13.4. The Labute approximate surface area is 132 Å². The molecule has 5 nitrogen and oxygen atoms in total. The molecule has 0 saturated heterocycles. The zero-order chi connectivity index (χ0) is 14.5. The maximum atomic E-state index is 10.7. The second-order valence-corrected chi connectivity index (χ2v) is 5.42. The SMILES string of the molecule is O=[N+]([O-])c1ccc(OCc2ccc(Br)cn2)c(CBr)c1. The molecule has 0 atom stereocenters. The van der Waals surface area contributed by atoms with Crippen molar-refractivity contribution in [2.45, 2.75) is 11.9 Å². The van der Waals surface area contributed by atoms with E-state index < -0.39 is 4.92 Å². The Morgan fingerprint density at radius 3 is 2.70 bits per heavy atom. The molecule has 20 heavy (non-hydrogen) atoms. The highest BCUT2D eigenvalue weighted by Crippen LogP contribution is 2.26. The Morgan fingerprint density at radius 2 is 2.10 bits per heavy atom. The summed E-state index contributed by atoms with van der Waals surface area (Å²) < 4.78 is 6.56. The van der Waals surface area contributed by atoms with E-state index in [1.807, 2.05) is 12.1 Å². The van der Waals surface area contributed by atoms with Gasteiger partial charge >= 0.3 is 0 Å². The molecule has 0 saturated carbocycles. The first-order valence-corrected chi connectivity index (χ1v) is 7.58. The first kappa shape index (κ1) is 14.9. The number of pyridine rings is 1. The number of aromatic nitrogens is 1. The van der Waals surface area contributed by atoms with Crippen LogP contribution in [0.2, 0.25) is 0 Å². The van der Waals surface area contributed by atoms with E-state index in [1.54, 1.807) is 12.3 Å². The largest absolute Gasteiger partial charge is 0.487 e. The lowest BCUT2D eigenvalue weighted by molar-refractivity contribution is -0.384. The van der Waals surface area contributed by atoms with Gasteiger partial charge in [0.2, 0.25) is 0 Å². The smallest absolute Gasteiger partial charge is 0.270 e. The van der Waals surface area contributed by atoms with Gasteiger partial charge in [0, 0.05) is 33.7 Å². The van der Waals surface area contributed by atoms with Crippen molar-refractivity contribution in [3.05, 3.63) is 62.4 Å². The quantitative estimate of drug-likeness (QED) is 0.427. The van der Waals surface area contributed by atoms with Crippen molar-refractivity contribution in [2.75, 3.05) is 0 Å². The minimum atomic E-state index is -0.424. The van der Waals surface area contributed by atoms with Gasteiger partial charge in [-0.2, -0.15) is 0 Å². The van der Waals surface area contributed by atoms with E-state index in [0.29, 0.717) is 17.7 Å². The van der Waals surface area contributed by atoms with E-state index in [4.69, 9.17) is 4.74 Å². The number of nitrogens with zero attached hydrogens (tertiary/aromatic N) is 2. The summed E-state index contributed by atoms with van der Waals surface area (Å²) in [5.74, 6) is 0.609. The molecule has 1 heterocycles. The number of nitro benzene ring substituents is 1. The van der Waals surface area contributed by atoms with Gasteiger partial charge in [-0.1, -0.05) is 15.9 Å². The van der Waals surface area contributed by atoms with E-state index in [0.717, 1.165) is 15.7 Å². The van der Waals surface area contributed by atoms with Gasteiger partial charge in [-0.15, -0.1) is 0 Å². The van der Waals surface area contributed by atoms with Gasteiger partial charge in [-0.3, -0.25) is 15.1 Å². The van der Waals surface area contributed by atoms with Crippen LogP contribution < -0.4 is 4.74 Å². The van der Waals surface area contributed by atoms with Crippen LogP contribution in [0.15, 0.2) is 41.0 Å². The van der Waals surface area contributed by atoms with Gasteiger partial charge in [0.05, 0.1) is 10.6 Å². The summed E-state index contributed by atoms with van der Waals surface area (Å²) in [7, 11) is 0. The molecule has 0 amide bonds. The summed E-state index contributed by atoms with van der Waals surface area (Å²) >= 11 is 6.62. The van der Waals surface area contributed by atoms with Crippen LogP contribution in [-0.4, -0.2) is 9.91 Å². The van der Waals surface area contributed by atoms with Crippen LogP contribution in [0.3, 0.4) is 0 Å². The lowest BCUT2D eigenvalue weighted by atomic mass is 10.2. The van der Waals surface area contributed by atoms with E-state index in [9.17, 15) is 10.1 Å². The van der Waals surface area contributed by atoms with Crippen LogP contribution in [0.25, 0.3) is 0 Å². The summed E-state index contributed by atoms with van der Waals surface area (Å²) in [5, 5.41) is 11.2. The molecule has 0 bridgehead atoms. The van der Waals surface area contributed by atoms with Gasteiger partial charge in [0.15, 0.2) is 0 Å². The fourth-order valence-corrected chi connectivity index (χ4v) is 2.24. The molecule has 104 valence electrons. The third kappa shape index (κ3) is 3.77. The molecule has 2 aromatic rings. The highest BCUT2D eigenvalue weighted by Gasteiger charge is 2.11. The number of halogens is 2. The first-order chi connectivity index (χ1) is 9.60. The predicted octanol–water partition coefficient (Wildman–Crippen LogP) is 4.23. The Hall–Kier alpha value is -1.47. The molecule has 1 aromatic heterocycles. The van der Waals surface area contributed by atoms with E-state index in [2.05, 4.69) is 36.8 Å². The summed E-state index contributed by atoms with van der Waals surface area (Å²) in [4.78, 5) is 14.5. The summed E-state index contributed by atoms with van der Waals surface area (Å²) in [6.07, 6.45) is 1.69. The molecule has 0 spiro atoms. The average molecular weight is 402 g/mol. The maximum absolute atomic E-state index is 10.7. The third-order valence-corrected chi connectivity index (χ3v) is 3.64. The number of benzene rings is 1. The lowest BCUT2D eigenvalue weighted by Crippen LogP contribution is -2.00. The monoisotopic (exact) mass is 400 g/mol. The van der Waals surface area contributed by atoms with Crippen LogP contribution >= 0.6 is 31.9 Å². The van der Waals surface area contributed by atoms with E-state index >= 15 is 0 Å². The van der Waals surface area contributed by atoms with Crippen molar-refractivity contribution in [1.82, 2.24) is 4.98 Å². The second kappa shape index (κ2) is 6.81. The number of alkyl halides is 1. The molecule has 0 aliphatic heterocycles. The van der Waals surface area contributed by atoms with Gasteiger partial charge in [0.25, 0.3) is 5.69 Å². The maximum Gasteiger partial charge on any atom is 0.270 e. The van der Waals surface area contributed by atoms with Crippen LogP contribution in [0.4, 0.5) is 5.69 Å². The number of rotatable bonds is 5. The van der Waals surface area contributed by atoms with Gasteiger partial charge in [0.1, 0.15) is 12.4 Å². The molecule has 0 radical (unpaired) electrons. The number of hydrogen-bond acceptors (Lipinski definition) is 4. The highest BCUT2D eigenvalue weighted by molar-refractivity contribution is 9.10. The molecule has 0 fully saturated rings. The van der Waals surface area contributed by atoms with Crippen molar-refractivity contribution < 1.29 is 9.66 Å². The van der Waals surface area contributed by atoms with Crippen molar-refractivity contribution in [3.8, 4) is 5.75 Å². The van der Waals surface area contributed by atoms with Crippen molar-refractivity contribution >= 4 is 37.5 Å². The lowest BCUT2D eigenvalue weighted by Gasteiger charge is -2.09. The van der Waals surface area contributed by atoms with Gasteiger partial charge in [-0.05, 0) is 34.1 Å². The zero-order valence-electron chi connectivity index (χ0n) is 10.3. The topological polar surface area (TPSA) is 65.3 Å². The van der Waals surface area contributed by atoms with Crippen molar-refractivity contribution in [1.29, 1.82) is 0 Å². The first-order valence-electron chi connectivity index (χ1n) is 5.66. The summed E-state index contributed by atoms with van der Waals surface area (Å²) in [6.45, 7) is 0.311. The standard InChI is InChI=1S/C13H10Br2N2O3/c14-6-9-5-12(17(18)19)3-4-13(9)20-8-11-2-1-10(15)7-16-11/h1-5,7H,6,8H2. The molecule has 0 unspecified atom stereocenters. The molecule has 0 aliphatic rings. The number of hydrogen-bond donors (Lipinski definition) is 0. The Morgan fingerprint density at radius 1 is 1.30 bits per heavy atom. The third-order valence-electron chi connectivity index (χ3n) is 2.56. The van der Waals surface area contributed by atoms with E-state index in [-0.39, 0.29) is 5.69 Å². The van der Waals surface area contributed by atoms with Crippen molar-refractivity contribution in [3.63, 3.8) is 0 Å². The van der Waals surface area contributed by atoms with Crippen molar-refractivity contribution in [2.24, 2.45) is 0 Å². The predicted molar refractivity (Wildman–Crippen MR) is 82.0 cm³/mol. The number of ether oxygens (including phenoxy) is 1. The Kier molecular flexibility index (Phi) is 5.08. The summed E-state index contributed by atoms with van der Waals surface area (Å²) in [6, 6.07) is 8.26. The molecule has 1 aromatic carbocycles. The normalized spacial score (nSPS) is 10.3. The Bertz CT molecular complexity index is 618. The molecule has 2 rings (SSSR count). The minimum absolute atomic E-state index is 0.0496. The Balaban J connectivity index is 2.12. The molecule has 7 heteroatoms. The van der Waals surface area contributed by atoms with Crippen LogP contribution in [0, 0.1) is 10.1 Å². The fraction of sp³-hybridized carbons (Fsp3) is 0.154. The number of non-ortho nitro benzene ring substituents is 1. The van der Waals surface area contributed by atoms with E-state index in [1.165, 1.54) is 12.1 Å². The van der Waals surface area contributed by atoms with Crippen LogP contribution in [0.1, 0.15) is 11.3 Å². The van der Waals surface area contributed by atoms with Gasteiger partial charge < -0.3 is 4.74 Å². The van der Waals surface area contributed by atoms with Gasteiger partial charge in [-0.25, -0.2) is 0 Å². The highest BCUT2D eigenvalue weighted by atomic mass is 79.9.